The Balaban J connectivity index is 1.27. The molecule has 0 unspecified atom stereocenters. The summed E-state index contributed by atoms with van der Waals surface area (Å²) < 4.78 is 1.87. The zero-order valence-corrected chi connectivity index (χ0v) is 14.9. The fourth-order valence-corrected chi connectivity index (χ4v) is 4.81. The van der Waals surface area contributed by atoms with Crippen molar-refractivity contribution in [2.24, 2.45) is 17.8 Å². The largest absolute Gasteiger partial charge is 0.353 e. The third-order valence-electron chi connectivity index (χ3n) is 6.12. The van der Waals surface area contributed by atoms with Gasteiger partial charge in [-0.3, -0.25) is 4.79 Å². The Hall–Kier alpha value is -2.10. The molecule has 0 spiro atoms. The number of fused-ring (bicyclic) bond motifs is 2. The molecule has 4 rings (SSSR count). The van der Waals surface area contributed by atoms with Gasteiger partial charge >= 0.3 is 0 Å². The van der Waals surface area contributed by atoms with Crippen LogP contribution in [0.5, 0.6) is 0 Å². The second-order valence-electron chi connectivity index (χ2n) is 7.82. The fourth-order valence-electron chi connectivity index (χ4n) is 4.81. The number of amides is 1. The number of hydrogen-bond donors (Lipinski definition) is 1. The predicted octanol–water partition coefficient (Wildman–Crippen LogP) is 3.75. The van der Waals surface area contributed by atoms with Gasteiger partial charge in [-0.15, -0.1) is 0 Å². The van der Waals surface area contributed by atoms with Gasteiger partial charge in [-0.1, -0.05) is 24.6 Å². The number of nitrogens with zero attached hydrogens (tertiary/aromatic N) is 2. The maximum Gasteiger partial charge on any atom is 0.220 e. The van der Waals surface area contributed by atoms with Gasteiger partial charge in [0.15, 0.2) is 0 Å². The van der Waals surface area contributed by atoms with Crippen LogP contribution < -0.4 is 5.32 Å². The number of aryl methyl sites for hydroxylation is 1. The van der Waals surface area contributed by atoms with Gasteiger partial charge in [-0.05, 0) is 68.1 Å². The van der Waals surface area contributed by atoms with Crippen LogP contribution in [0.3, 0.4) is 0 Å². The number of aromatic nitrogens is 2. The van der Waals surface area contributed by atoms with E-state index in [2.05, 4.69) is 17.3 Å². The summed E-state index contributed by atoms with van der Waals surface area (Å²) in [5.41, 5.74) is 2.15. The molecule has 25 heavy (non-hydrogen) atoms. The summed E-state index contributed by atoms with van der Waals surface area (Å²) in [6, 6.07) is 10.4. The molecule has 1 amide bonds. The molecule has 4 atom stereocenters. The molecule has 0 saturated heterocycles. The molecular weight excluding hydrogens is 310 g/mol. The summed E-state index contributed by atoms with van der Waals surface area (Å²) in [7, 11) is 0. The highest BCUT2D eigenvalue weighted by Crippen LogP contribution is 2.49. The van der Waals surface area contributed by atoms with E-state index < -0.39 is 0 Å². The van der Waals surface area contributed by atoms with Crippen LogP contribution in [-0.4, -0.2) is 21.7 Å². The van der Waals surface area contributed by atoms with E-state index in [9.17, 15) is 4.79 Å². The van der Waals surface area contributed by atoms with Crippen molar-refractivity contribution in [1.82, 2.24) is 15.1 Å². The van der Waals surface area contributed by atoms with E-state index in [-0.39, 0.29) is 5.91 Å². The van der Waals surface area contributed by atoms with Crippen LogP contribution in [0.25, 0.3) is 5.69 Å². The van der Waals surface area contributed by atoms with Crippen LogP contribution in [-0.2, 0) is 11.2 Å². The highest BCUT2D eigenvalue weighted by Gasteiger charge is 2.42. The molecule has 132 valence electrons. The number of nitrogens with one attached hydrogen (secondary N) is 1. The molecule has 4 heteroatoms. The zero-order valence-electron chi connectivity index (χ0n) is 14.9. The molecule has 4 nitrogen and oxygen atoms in total. The quantitative estimate of drug-likeness (QED) is 0.873. The first kappa shape index (κ1) is 16.4. The third-order valence-corrected chi connectivity index (χ3v) is 6.12. The Kier molecular flexibility index (Phi) is 4.60. The Morgan fingerprint density at radius 1 is 1.28 bits per heavy atom. The lowest BCUT2D eigenvalue weighted by Crippen LogP contribution is -2.40. The molecule has 2 aliphatic rings. The van der Waals surface area contributed by atoms with Crippen LogP contribution in [0.4, 0.5) is 0 Å². The van der Waals surface area contributed by atoms with Crippen molar-refractivity contribution in [2.75, 3.05) is 0 Å². The lowest BCUT2D eigenvalue weighted by atomic mass is 9.84. The summed E-state index contributed by atoms with van der Waals surface area (Å²) in [6.07, 6.45) is 10.6. The number of rotatable bonds is 6. The highest BCUT2D eigenvalue weighted by atomic mass is 16.1. The minimum absolute atomic E-state index is 0.169. The van der Waals surface area contributed by atoms with Gasteiger partial charge in [0.05, 0.1) is 11.9 Å². The van der Waals surface area contributed by atoms with Crippen LogP contribution in [0.1, 0.15) is 44.6 Å². The van der Waals surface area contributed by atoms with Crippen molar-refractivity contribution >= 4 is 5.91 Å². The summed E-state index contributed by atoms with van der Waals surface area (Å²) >= 11 is 0. The van der Waals surface area contributed by atoms with Gasteiger partial charge < -0.3 is 5.32 Å². The fraction of sp³-hybridized carbons (Fsp3) is 0.524. The molecule has 2 aliphatic carbocycles. The SMILES string of the molecule is C[C@@H](NC(=O)CCc1cnn(-c2ccccc2)c1)[C@@H]1C[C@H]2CC[C@H]1C2. The lowest BCUT2D eigenvalue weighted by molar-refractivity contribution is -0.122. The lowest BCUT2D eigenvalue weighted by Gasteiger charge is -2.28. The van der Waals surface area contributed by atoms with Gasteiger partial charge in [0, 0.05) is 18.7 Å². The van der Waals surface area contributed by atoms with E-state index >= 15 is 0 Å². The topological polar surface area (TPSA) is 46.9 Å². The Morgan fingerprint density at radius 3 is 2.84 bits per heavy atom. The van der Waals surface area contributed by atoms with Gasteiger partial charge in [-0.2, -0.15) is 5.10 Å². The average molecular weight is 337 g/mol. The van der Waals surface area contributed by atoms with E-state index in [1.165, 1.54) is 25.7 Å². The highest BCUT2D eigenvalue weighted by molar-refractivity contribution is 5.76. The zero-order chi connectivity index (χ0) is 17.2. The van der Waals surface area contributed by atoms with E-state index in [1.54, 1.807) is 0 Å². The molecule has 0 aliphatic heterocycles. The van der Waals surface area contributed by atoms with E-state index in [0.717, 1.165) is 29.5 Å². The number of hydrogen-bond acceptors (Lipinski definition) is 2. The van der Waals surface area contributed by atoms with Crippen molar-refractivity contribution < 1.29 is 4.79 Å². The Bertz CT molecular complexity index is 724. The van der Waals surface area contributed by atoms with E-state index in [0.29, 0.717) is 18.4 Å². The second kappa shape index (κ2) is 7.03. The van der Waals surface area contributed by atoms with Crippen molar-refractivity contribution in [2.45, 2.75) is 51.5 Å². The summed E-state index contributed by atoms with van der Waals surface area (Å²) in [5, 5.41) is 7.65. The second-order valence-corrected chi connectivity index (χ2v) is 7.82. The van der Waals surface area contributed by atoms with Crippen molar-refractivity contribution in [3.05, 3.63) is 48.3 Å². The average Bonchev–Trinajstić information content (AvgIpc) is 3.37. The number of para-hydroxylation sites is 1. The first-order valence-electron chi connectivity index (χ1n) is 9.57. The molecule has 2 aromatic rings. The summed E-state index contributed by atoms with van der Waals surface area (Å²) in [6.45, 7) is 2.19. The summed E-state index contributed by atoms with van der Waals surface area (Å²) in [4.78, 5) is 12.3. The number of carbonyl (C=O) groups excluding carboxylic acids is 1. The Morgan fingerprint density at radius 2 is 2.12 bits per heavy atom. The third kappa shape index (κ3) is 3.63. The van der Waals surface area contributed by atoms with Gasteiger partial charge in [0.25, 0.3) is 0 Å². The predicted molar refractivity (Wildman–Crippen MR) is 98.4 cm³/mol. The minimum atomic E-state index is 0.169. The molecule has 2 bridgehead atoms. The molecule has 1 aromatic carbocycles. The smallest absolute Gasteiger partial charge is 0.220 e. The van der Waals surface area contributed by atoms with E-state index in [4.69, 9.17) is 0 Å². The van der Waals surface area contributed by atoms with Crippen molar-refractivity contribution in [1.29, 1.82) is 0 Å². The van der Waals surface area contributed by atoms with Crippen LogP contribution >= 0.6 is 0 Å². The monoisotopic (exact) mass is 337 g/mol. The normalized spacial score (nSPS) is 25.9. The molecule has 2 fully saturated rings. The molecule has 2 saturated carbocycles. The van der Waals surface area contributed by atoms with Gasteiger partial charge in [0.1, 0.15) is 0 Å². The van der Waals surface area contributed by atoms with Gasteiger partial charge in [0.2, 0.25) is 5.91 Å². The van der Waals surface area contributed by atoms with Crippen LogP contribution in [0.15, 0.2) is 42.7 Å². The summed E-state index contributed by atoms with van der Waals surface area (Å²) in [5.74, 6) is 2.65. The Labute approximate surface area is 149 Å². The minimum Gasteiger partial charge on any atom is -0.353 e. The number of benzene rings is 1. The maximum atomic E-state index is 12.3. The van der Waals surface area contributed by atoms with Crippen molar-refractivity contribution in [3.63, 3.8) is 0 Å². The molecule has 1 aromatic heterocycles. The molecular formula is C21H27N3O. The molecule has 0 radical (unpaired) electrons. The number of carbonyl (C=O) groups is 1. The molecule has 1 heterocycles. The van der Waals surface area contributed by atoms with Crippen LogP contribution in [0, 0.1) is 17.8 Å². The van der Waals surface area contributed by atoms with Gasteiger partial charge in [-0.25, -0.2) is 4.68 Å². The standard InChI is InChI=1S/C21H27N3O/c1-15(20-12-16-7-9-18(20)11-16)23-21(25)10-8-17-13-22-24(14-17)19-5-3-2-4-6-19/h2-6,13-16,18,20H,7-12H2,1H3,(H,23,25)/t15-,16+,18+,20+/m1/s1. The van der Waals surface area contributed by atoms with Crippen molar-refractivity contribution in [3.8, 4) is 5.69 Å². The van der Waals surface area contributed by atoms with E-state index in [1.807, 2.05) is 47.4 Å². The molecule has 1 N–H and O–H groups in total. The first-order valence-corrected chi connectivity index (χ1v) is 9.57. The first-order chi connectivity index (χ1) is 12.2. The maximum absolute atomic E-state index is 12.3. The van der Waals surface area contributed by atoms with Crippen LogP contribution in [0.2, 0.25) is 0 Å².